The smallest absolute Gasteiger partial charge is 0.242 e. The van der Waals surface area contributed by atoms with E-state index in [4.69, 9.17) is 5.73 Å². The molecule has 0 saturated heterocycles. The SMILES string of the molecule is CSCC[C@H](N)C(=O)Nc1ccc(C)cn1. The normalized spacial score (nSPS) is 12.2. The molecule has 0 aromatic carbocycles. The van der Waals surface area contributed by atoms with Gasteiger partial charge in [0.2, 0.25) is 5.91 Å². The number of amides is 1. The molecule has 5 heteroatoms. The summed E-state index contributed by atoms with van der Waals surface area (Å²) in [6.45, 7) is 1.95. The molecule has 1 heterocycles. The van der Waals surface area contributed by atoms with E-state index in [0.717, 1.165) is 11.3 Å². The lowest BCUT2D eigenvalue weighted by atomic mass is 10.2. The van der Waals surface area contributed by atoms with Crippen molar-refractivity contribution in [1.29, 1.82) is 0 Å². The molecule has 4 nitrogen and oxygen atoms in total. The predicted octanol–water partition coefficient (Wildman–Crippen LogP) is 1.41. The van der Waals surface area contributed by atoms with E-state index >= 15 is 0 Å². The van der Waals surface area contributed by atoms with Crippen LogP contribution in [0.2, 0.25) is 0 Å². The number of hydrogen-bond donors (Lipinski definition) is 2. The van der Waals surface area contributed by atoms with Gasteiger partial charge in [0, 0.05) is 6.20 Å². The van der Waals surface area contributed by atoms with Crippen molar-refractivity contribution in [3.8, 4) is 0 Å². The summed E-state index contributed by atoms with van der Waals surface area (Å²) in [5, 5.41) is 2.69. The van der Waals surface area contributed by atoms with Crippen LogP contribution in [0.4, 0.5) is 5.82 Å². The van der Waals surface area contributed by atoms with Crippen molar-refractivity contribution in [1.82, 2.24) is 4.98 Å². The zero-order chi connectivity index (χ0) is 12.0. The Hall–Kier alpha value is -1.07. The molecule has 16 heavy (non-hydrogen) atoms. The van der Waals surface area contributed by atoms with Crippen molar-refractivity contribution >= 4 is 23.5 Å². The largest absolute Gasteiger partial charge is 0.320 e. The van der Waals surface area contributed by atoms with E-state index < -0.39 is 6.04 Å². The number of nitrogens with two attached hydrogens (primary N) is 1. The minimum absolute atomic E-state index is 0.176. The lowest BCUT2D eigenvalue weighted by Gasteiger charge is -2.10. The lowest BCUT2D eigenvalue weighted by molar-refractivity contribution is -0.117. The highest BCUT2D eigenvalue weighted by Gasteiger charge is 2.13. The molecule has 1 atom stereocenters. The first-order chi connectivity index (χ1) is 7.63. The second-order valence-corrected chi connectivity index (χ2v) is 4.58. The molecule has 0 saturated carbocycles. The van der Waals surface area contributed by atoms with Crippen molar-refractivity contribution in [3.63, 3.8) is 0 Å². The van der Waals surface area contributed by atoms with E-state index in [9.17, 15) is 4.79 Å². The first kappa shape index (κ1) is 13.0. The second kappa shape index (κ2) is 6.50. The average Bonchev–Trinajstić information content (AvgIpc) is 2.29. The number of rotatable bonds is 5. The number of nitrogens with zero attached hydrogens (tertiary/aromatic N) is 1. The number of anilines is 1. The number of pyridine rings is 1. The Kier molecular flexibility index (Phi) is 5.28. The molecule has 1 aromatic rings. The quantitative estimate of drug-likeness (QED) is 0.815. The summed E-state index contributed by atoms with van der Waals surface area (Å²) in [5.74, 6) is 1.26. The van der Waals surface area contributed by atoms with Crippen molar-refractivity contribution in [2.24, 2.45) is 5.73 Å². The van der Waals surface area contributed by atoms with Crippen LogP contribution < -0.4 is 11.1 Å². The monoisotopic (exact) mass is 239 g/mol. The zero-order valence-electron chi connectivity index (χ0n) is 9.56. The maximum atomic E-state index is 11.6. The van der Waals surface area contributed by atoms with Gasteiger partial charge in [-0.3, -0.25) is 4.79 Å². The summed E-state index contributed by atoms with van der Waals surface area (Å²) in [7, 11) is 0. The molecule has 0 spiro atoms. The molecular formula is C11H17N3OS. The van der Waals surface area contributed by atoms with E-state index in [1.54, 1.807) is 24.0 Å². The molecule has 3 N–H and O–H groups in total. The molecule has 0 aliphatic rings. The number of hydrogen-bond acceptors (Lipinski definition) is 4. The highest BCUT2D eigenvalue weighted by molar-refractivity contribution is 7.98. The summed E-state index contributed by atoms with van der Waals surface area (Å²) in [6, 6.07) is 3.21. The maximum Gasteiger partial charge on any atom is 0.242 e. The van der Waals surface area contributed by atoms with Gasteiger partial charge in [-0.05, 0) is 37.0 Å². The maximum absolute atomic E-state index is 11.6. The summed E-state index contributed by atoms with van der Waals surface area (Å²) in [6.07, 6.45) is 4.38. The van der Waals surface area contributed by atoms with Gasteiger partial charge in [-0.1, -0.05) is 6.07 Å². The highest BCUT2D eigenvalue weighted by Crippen LogP contribution is 2.05. The van der Waals surface area contributed by atoms with Crippen molar-refractivity contribution in [2.75, 3.05) is 17.3 Å². The molecule has 0 fully saturated rings. The molecule has 1 aromatic heterocycles. The number of carbonyl (C=O) groups is 1. The Balaban J connectivity index is 2.47. The summed E-state index contributed by atoms with van der Waals surface area (Å²) < 4.78 is 0. The van der Waals surface area contributed by atoms with Crippen LogP contribution in [0.25, 0.3) is 0 Å². The molecule has 0 radical (unpaired) electrons. The van der Waals surface area contributed by atoms with Gasteiger partial charge in [-0.25, -0.2) is 4.98 Å². The summed E-state index contributed by atoms with van der Waals surface area (Å²) in [4.78, 5) is 15.7. The van der Waals surface area contributed by atoms with Crippen LogP contribution in [0.5, 0.6) is 0 Å². The van der Waals surface area contributed by atoms with E-state index in [2.05, 4.69) is 10.3 Å². The van der Waals surface area contributed by atoms with Crippen LogP contribution in [-0.4, -0.2) is 28.9 Å². The zero-order valence-corrected chi connectivity index (χ0v) is 10.4. The number of carbonyl (C=O) groups excluding carboxylic acids is 1. The third-order valence-corrected chi connectivity index (χ3v) is 2.78. The fraction of sp³-hybridized carbons (Fsp3) is 0.455. The highest BCUT2D eigenvalue weighted by atomic mass is 32.2. The minimum atomic E-state index is -0.462. The summed E-state index contributed by atoms with van der Waals surface area (Å²) in [5.41, 5.74) is 6.79. The Morgan fingerprint density at radius 1 is 1.62 bits per heavy atom. The fourth-order valence-corrected chi connectivity index (χ4v) is 1.63. The number of aromatic nitrogens is 1. The van der Waals surface area contributed by atoms with Gasteiger partial charge in [0.1, 0.15) is 5.82 Å². The van der Waals surface area contributed by atoms with Gasteiger partial charge >= 0.3 is 0 Å². The second-order valence-electron chi connectivity index (χ2n) is 3.60. The van der Waals surface area contributed by atoms with E-state index in [1.807, 2.05) is 19.2 Å². The van der Waals surface area contributed by atoms with Gasteiger partial charge in [0.05, 0.1) is 6.04 Å². The third kappa shape index (κ3) is 4.20. The van der Waals surface area contributed by atoms with Gasteiger partial charge in [-0.15, -0.1) is 0 Å². The van der Waals surface area contributed by atoms with Crippen LogP contribution in [0.15, 0.2) is 18.3 Å². The van der Waals surface area contributed by atoms with Crippen molar-refractivity contribution in [2.45, 2.75) is 19.4 Å². The molecule has 88 valence electrons. The Bertz CT molecular complexity index is 340. The van der Waals surface area contributed by atoms with Crippen LogP contribution in [0.3, 0.4) is 0 Å². The molecule has 0 aliphatic carbocycles. The van der Waals surface area contributed by atoms with Gasteiger partial charge in [0.15, 0.2) is 0 Å². The topological polar surface area (TPSA) is 68.0 Å². The Morgan fingerprint density at radius 2 is 2.38 bits per heavy atom. The fourth-order valence-electron chi connectivity index (χ4n) is 1.14. The van der Waals surface area contributed by atoms with Gasteiger partial charge in [-0.2, -0.15) is 11.8 Å². The van der Waals surface area contributed by atoms with Gasteiger partial charge in [0.25, 0.3) is 0 Å². The summed E-state index contributed by atoms with van der Waals surface area (Å²) >= 11 is 1.68. The lowest BCUT2D eigenvalue weighted by Crippen LogP contribution is -2.36. The Morgan fingerprint density at radius 3 is 2.94 bits per heavy atom. The standard InChI is InChI=1S/C11H17N3OS/c1-8-3-4-10(13-7-8)14-11(15)9(12)5-6-16-2/h3-4,7,9H,5-6,12H2,1-2H3,(H,13,14,15)/t9-/m0/s1. The molecule has 0 unspecified atom stereocenters. The molecule has 1 amide bonds. The average molecular weight is 239 g/mol. The van der Waals surface area contributed by atoms with Crippen LogP contribution >= 0.6 is 11.8 Å². The van der Waals surface area contributed by atoms with Crippen LogP contribution in [0.1, 0.15) is 12.0 Å². The number of aryl methyl sites for hydroxylation is 1. The van der Waals surface area contributed by atoms with E-state index in [1.165, 1.54) is 0 Å². The molecular weight excluding hydrogens is 222 g/mol. The minimum Gasteiger partial charge on any atom is -0.320 e. The predicted molar refractivity (Wildman–Crippen MR) is 68.6 cm³/mol. The van der Waals surface area contributed by atoms with Crippen molar-refractivity contribution < 1.29 is 4.79 Å². The number of nitrogens with one attached hydrogen (secondary N) is 1. The first-order valence-corrected chi connectivity index (χ1v) is 6.51. The molecule has 0 aliphatic heterocycles. The van der Waals surface area contributed by atoms with Crippen LogP contribution in [-0.2, 0) is 4.79 Å². The van der Waals surface area contributed by atoms with Crippen LogP contribution in [0, 0.1) is 6.92 Å². The van der Waals surface area contributed by atoms with Crippen molar-refractivity contribution in [3.05, 3.63) is 23.9 Å². The first-order valence-electron chi connectivity index (χ1n) is 5.11. The molecule has 0 bridgehead atoms. The molecule has 1 rings (SSSR count). The Labute approximate surface area is 100 Å². The third-order valence-electron chi connectivity index (χ3n) is 2.13. The van der Waals surface area contributed by atoms with E-state index in [-0.39, 0.29) is 5.91 Å². The number of thioether (sulfide) groups is 1. The van der Waals surface area contributed by atoms with E-state index in [0.29, 0.717) is 12.2 Å². The van der Waals surface area contributed by atoms with Gasteiger partial charge < -0.3 is 11.1 Å².